The highest BCUT2D eigenvalue weighted by atomic mass is 35.5. The maximum atomic E-state index is 5.81. The molecule has 0 fully saturated rings. The smallest absolute Gasteiger partial charge is 0.0320 e. The van der Waals surface area contributed by atoms with E-state index < -0.39 is 0 Å². The average Bonchev–Trinajstić information content (AvgIpc) is 2.29. The molecular weight excluding hydrogens is 218 g/mol. The van der Waals surface area contributed by atoms with E-state index in [1.165, 1.54) is 21.5 Å². The Morgan fingerprint density at radius 3 is 2.12 bits per heavy atom. The number of halogens is 1. The molecule has 3 aromatic carbocycles. The van der Waals surface area contributed by atoms with Crippen LogP contribution < -0.4 is 5.73 Å². The molecule has 3 aromatic rings. The zero-order valence-electron chi connectivity index (χ0n) is 8.68. The van der Waals surface area contributed by atoms with Crippen LogP contribution in [0.15, 0.2) is 54.6 Å². The molecule has 0 heterocycles. The summed E-state index contributed by atoms with van der Waals surface area (Å²) in [5, 5.41) is 4.99. The molecule has 0 saturated carbocycles. The molecule has 0 spiro atoms. The summed E-state index contributed by atoms with van der Waals surface area (Å²) in [6.45, 7) is 0. The summed E-state index contributed by atoms with van der Waals surface area (Å²) < 4.78 is 0. The Bertz CT molecular complexity index is 646. The van der Waals surface area contributed by atoms with Gasteiger partial charge in [-0.1, -0.05) is 42.5 Å². The van der Waals surface area contributed by atoms with Crippen LogP contribution in [0.1, 0.15) is 0 Å². The van der Waals surface area contributed by atoms with E-state index in [9.17, 15) is 0 Å². The van der Waals surface area contributed by atoms with Gasteiger partial charge in [-0.25, -0.2) is 0 Å². The summed E-state index contributed by atoms with van der Waals surface area (Å²) in [5.41, 5.74) is 6.63. The van der Waals surface area contributed by atoms with Gasteiger partial charge in [0.2, 0.25) is 0 Å². The molecular formula is C14H12ClN. The summed E-state index contributed by atoms with van der Waals surface area (Å²) in [4.78, 5) is 0. The molecule has 0 unspecified atom stereocenters. The van der Waals surface area contributed by atoms with Gasteiger partial charge in [0.25, 0.3) is 0 Å². The standard InChI is InChI=1S/C14H11N.ClH/c15-12-8-7-11-6-5-10-3-1-2-4-13(10)14(11)9-12;/h1-9H,15H2;1H. The van der Waals surface area contributed by atoms with Crippen LogP contribution in [0.25, 0.3) is 21.5 Å². The van der Waals surface area contributed by atoms with Crippen molar-refractivity contribution in [1.82, 2.24) is 0 Å². The highest BCUT2D eigenvalue weighted by Crippen LogP contribution is 2.26. The molecule has 16 heavy (non-hydrogen) atoms. The zero-order chi connectivity index (χ0) is 10.3. The van der Waals surface area contributed by atoms with Crippen LogP contribution >= 0.6 is 12.4 Å². The first-order chi connectivity index (χ1) is 7.34. The molecule has 2 heteroatoms. The SMILES string of the molecule is Cl.Nc1ccc2ccc3ccccc3c2c1. The van der Waals surface area contributed by atoms with Gasteiger partial charge in [-0.05, 0) is 33.7 Å². The zero-order valence-corrected chi connectivity index (χ0v) is 9.50. The molecule has 3 rings (SSSR count). The third kappa shape index (κ3) is 1.59. The largest absolute Gasteiger partial charge is 0.399 e. The lowest BCUT2D eigenvalue weighted by Crippen LogP contribution is -1.84. The number of benzene rings is 3. The molecule has 0 aliphatic heterocycles. The van der Waals surface area contributed by atoms with Crippen molar-refractivity contribution in [3.8, 4) is 0 Å². The molecule has 0 atom stereocenters. The molecule has 0 amide bonds. The minimum Gasteiger partial charge on any atom is -0.399 e. The molecule has 0 radical (unpaired) electrons. The van der Waals surface area contributed by atoms with Crippen molar-refractivity contribution < 1.29 is 0 Å². The van der Waals surface area contributed by atoms with E-state index in [2.05, 4.69) is 42.5 Å². The van der Waals surface area contributed by atoms with Gasteiger partial charge in [-0.15, -0.1) is 12.4 Å². The van der Waals surface area contributed by atoms with Gasteiger partial charge in [0.15, 0.2) is 0 Å². The molecule has 0 aromatic heterocycles. The lowest BCUT2D eigenvalue weighted by Gasteiger charge is -2.04. The third-order valence-electron chi connectivity index (χ3n) is 2.77. The van der Waals surface area contributed by atoms with Crippen molar-refractivity contribution in [2.75, 3.05) is 5.73 Å². The van der Waals surface area contributed by atoms with Crippen LogP contribution in [0.5, 0.6) is 0 Å². The van der Waals surface area contributed by atoms with Gasteiger partial charge in [-0.3, -0.25) is 0 Å². The summed E-state index contributed by atoms with van der Waals surface area (Å²) in [5.74, 6) is 0. The van der Waals surface area contributed by atoms with Crippen molar-refractivity contribution in [2.45, 2.75) is 0 Å². The second kappa shape index (κ2) is 4.03. The number of nitrogens with two attached hydrogens (primary N) is 1. The normalized spacial score (nSPS) is 10.2. The van der Waals surface area contributed by atoms with E-state index in [-0.39, 0.29) is 12.4 Å². The fourth-order valence-corrected chi connectivity index (χ4v) is 2.02. The quantitative estimate of drug-likeness (QED) is 0.458. The lowest BCUT2D eigenvalue weighted by molar-refractivity contribution is 1.74. The monoisotopic (exact) mass is 229 g/mol. The van der Waals surface area contributed by atoms with Crippen molar-refractivity contribution in [3.63, 3.8) is 0 Å². The van der Waals surface area contributed by atoms with Crippen LogP contribution in [0.3, 0.4) is 0 Å². The van der Waals surface area contributed by atoms with Crippen LogP contribution in [-0.2, 0) is 0 Å². The van der Waals surface area contributed by atoms with Gasteiger partial charge >= 0.3 is 0 Å². The van der Waals surface area contributed by atoms with Gasteiger partial charge in [0, 0.05) is 5.69 Å². The highest BCUT2D eigenvalue weighted by Gasteiger charge is 1.99. The van der Waals surface area contributed by atoms with Crippen LogP contribution in [0.4, 0.5) is 5.69 Å². The fourth-order valence-electron chi connectivity index (χ4n) is 2.02. The van der Waals surface area contributed by atoms with Crippen molar-refractivity contribution in [1.29, 1.82) is 0 Å². The topological polar surface area (TPSA) is 26.0 Å². The Hall–Kier alpha value is -1.73. The van der Waals surface area contributed by atoms with Crippen molar-refractivity contribution >= 4 is 39.6 Å². The first-order valence-electron chi connectivity index (χ1n) is 5.01. The molecule has 0 aliphatic rings. The second-order valence-corrected chi connectivity index (χ2v) is 3.77. The number of hydrogen-bond acceptors (Lipinski definition) is 1. The number of anilines is 1. The first-order valence-corrected chi connectivity index (χ1v) is 5.01. The number of fused-ring (bicyclic) bond motifs is 3. The second-order valence-electron chi connectivity index (χ2n) is 3.77. The van der Waals surface area contributed by atoms with E-state index in [1.54, 1.807) is 0 Å². The average molecular weight is 230 g/mol. The summed E-state index contributed by atoms with van der Waals surface area (Å²) >= 11 is 0. The van der Waals surface area contributed by atoms with E-state index in [4.69, 9.17) is 5.73 Å². The van der Waals surface area contributed by atoms with Crippen LogP contribution in [0.2, 0.25) is 0 Å². The highest BCUT2D eigenvalue weighted by molar-refractivity contribution is 6.08. The Morgan fingerprint density at radius 2 is 1.31 bits per heavy atom. The number of rotatable bonds is 0. The first kappa shape index (κ1) is 10.8. The van der Waals surface area contributed by atoms with Crippen molar-refractivity contribution in [3.05, 3.63) is 54.6 Å². The van der Waals surface area contributed by atoms with Crippen LogP contribution in [0, 0.1) is 0 Å². The molecule has 2 N–H and O–H groups in total. The minimum atomic E-state index is 0. The molecule has 0 aliphatic carbocycles. The minimum absolute atomic E-state index is 0. The third-order valence-corrected chi connectivity index (χ3v) is 2.77. The van der Waals surface area contributed by atoms with Crippen LogP contribution in [-0.4, -0.2) is 0 Å². The Kier molecular flexibility index (Phi) is 2.71. The molecule has 0 saturated heterocycles. The summed E-state index contributed by atoms with van der Waals surface area (Å²) in [6.07, 6.45) is 0. The predicted octanol–water partition coefficient (Wildman–Crippen LogP) is 4.00. The number of nitrogen functional groups attached to an aromatic ring is 1. The van der Waals surface area contributed by atoms with Gasteiger partial charge < -0.3 is 5.73 Å². The Labute approximate surface area is 100 Å². The van der Waals surface area contributed by atoms with E-state index in [1.807, 2.05) is 12.1 Å². The number of hydrogen-bond donors (Lipinski definition) is 1. The van der Waals surface area contributed by atoms with Gasteiger partial charge in [-0.2, -0.15) is 0 Å². The van der Waals surface area contributed by atoms with E-state index in [0.717, 1.165) is 5.69 Å². The predicted molar refractivity (Wildman–Crippen MR) is 73.1 cm³/mol. The van der Waals surface area contributed by atoms with E-state index in [0.29, 0.717) is 0 Å². The molecule has 1 nitrogen and oxygen atoms in total. The van der Waals surface area contributed by atoms with Gasteiger partial charge in [0.1, 0.15) is 0 Å². The maximum absolute atomic E-state index is 5.81. The summed E-state index contributed by atoms with van der Waals surface area (Å²) in [7, 11) is 0. The van der Waals surface area contributed by atoms with Crippen molar-refractivity contribution in [2.24, 2.45) is 0 Å². The Morgan fingerprint density at radius 1 is 0.688 bits per heavy atom. The lowest BCUT2D eigenvalue weighted by atomic mass is 10.0. The molecule has 0 bridgehead atoms. The summed E-state index contributed by atoms with van der Waals surface area (Å²) in [6, 6.07) is 18.7. The fraction of sp³-hybridized carbons (Fsp3) is 0. The molecule has 80 valence electrons. The maximum Gasteiger partial charge on any atom is 0.0320 e. The van der Waals surface area contributed by atoms with Gasteiger partial charge in [0.05, 0.1) is 0 Å². The Balaban J connectivity index is 0.000000963. The van der Waals surface area contributed by atoms with E-state index >= 15 is 0 Å².